The van der Waals surface area contributed by atoms with E-state index >= 15 is 0 Å². The fraction of sp³-hybridized carbons (Fsp3) is 0.444. The molecule has 1 aliphatic heterocycles. The van der Waals surface area contributed by atoms with Gasteiger partial charge in [-0.2, -0.15) is 0 Å². The minimum absolute atomic E-state index is 0.00436. The molecular formula is C27H34N2O5. The Labute approximate surface area is 201 Å². The van der Waals surface area contributed by atoms with E-state index in [2.05, 4.69) is 12.2 Å². The number of amides is 2. The van der Waals surface area contributed by atoms with E-state index in [0.29, 0.717) is 6.54 Å². The lowest BCUT2D eigenvalue weighted by Crippen LogP contribution is -2.41. The smallest absolute Gasteiger partial charge is 0.407 e. The monoisotopic (exact) mass is 466 g/mol. The molecule has 2 aromatic rings. The first kappa shape index (κ1) is 25.3. The van der Waals surface area contributed by atoms with Crippen molar-refractivity contribution in [1.82, 2.24) is 10.2 Å². The molecule has 0 bridgehead atoms. The topological polar surface area (TPSA) is 84.9 Å². The Kier molecular flexibility index (Phi) is 9.08. The van der Waals surface area contributed by atoms with Gasteiger partial charge in [0.15, 0.2) is 0 Å². The molecule has 34 heavy (non-hydrogen) atoms. The van der Waals surface area contributed by atoms with E-state index < -0.39 is 11.5 Å². The fourth-order valence-corrected chi connectivity index (χ4v) is 4.26. The van der Waals surface area contributed by atoms with Gasteiger partial charge >= 0.3 is 12.1 Å². The number of nitrogens with one attached hydrogen (secondary N) is 1. The predicted molar refractivity (Wildman–Crippen MR) is 129 cm³/mol. The number of esters is 1. The van der Waals surface area contributed by atoms with E-state index in [1.165, 1.54) is 0 Å². The Balaban J connectivity index is 1.54. The van der Waals surface area contributed by atoms with E-state index in [1.54, 1.807) is 4.90 Å². The Bertz CT molecular complexity index is 950. The van der Waals surface area contributed by atoms with Gasteiger partial charge in [-0.05, 0) is 30.4 Å². The molecule has 0 spiro atoms. The Morgan fingerprint density at radius 1 is 0.971 bits per heavy atom. The van der Waals surface area contributed by atoms with Crippen LogP contribution < -0.4 is 5.32 Å². The average Bonchev–Trinajstić information content (AvgIpc) is 3.22. The number of hydrogen-bond acceptors (Lipinski definition) is 5. The van der Waals surface area contributed by atoms with Gasteiger partial charge in [-0.1, -0.05) is 80.4 Å². The summed E-state index contributed by atoms with van der Waals surface area (Å²) < 4.78 is 10.8. The van der Waals surface area contributed by atoms with E-state index in [9.17, 15) is 14.4 Å². The van der Waals surface area contributed by atoms with Crippen molar-refractivity contribution < 1.29 is 23.9 Å². The van der Waals surface area contributed by atoms with Gasteiger partial charge in [0.2, 0.25) is 5.91 Å². The van der Waals surface area contributed by atoms with Crippen molar-refractivity contribution in [2.24, 2.45) is 11.3 Å². The van der Waals surface area contributed by atoms with Gasteiger partial charge in [0, 0.05) is 13.1 Å². The highest BCUT2D eigenvalue weighted by Gasteiger charge is 2.50. The number of carbonyl (C=O) groups excluding carboxylic acids is 3. The average molecular weight is 467 g/mol. The number of rotatable bonds is 10. The molecule has 1 saturated heterocycles. The zero-order chi connectivity index (χ0) is 24.4. The van der Waals surface area contributed by atoms with Crippen LogP contribution in [0.2, 0.25) is 0 Å². The van der Waals surface area contributed by atoms with Crippen molar-refractivity contribution in [2.75, 3.05) is 19.6 Å². The number of hydrogen-bond donors (Lipinski definition) is 1. The van der Waals surface area contributed by atoms with E-state index in [0.717, 1.165) is 30.4 Å². The van der Waals surface area contributed by atoms with Crippen LogP contribution in [0.5, 0.6) is 0 Å². The SMILES string of the molecule is CCCC[C@H]1CN(C(=O)CNC(=O)OCc2ccccc2)C[C@@]1(C)C(=O)OCc1ccccc1. The van der Waals surface area contributed by atoms with Crippen LogP contribution in [-0.2, 0) is 32.3 Å². The fourth-order valence-electron chi connectivity index (χ4n) is 4.26. The lowest BCUT2D eigenvalue weighted by atomic mass is 9.77. The maximum absolute atomic E-state index is 13.1. The van der Waals surface area contributed by atoms with Gasteiger partial charge in [-0.15, -0.1) is 0 Å². The first-order valence-corrected chi connectivity index (χ1v) is 11.9. The minimum atomic E-state index is -0.784. The molecule has 0 unspecified atom stereocenters. The summed E-state index contributed by atoms with van der Waals surface area (Å²) in [5.41, 5.74) is 1.01. The van der Waals surface area contributed by atoms with Gasteiger partial charge in [-0.3, -0.25) is 9.59 Å². The van der Waals surface area contributed by atoms with Gasteiger partial charge in [0.05, 0.1) is 5.41 Å². The normalized spacial score (nSPS) is 19.5. The third-order valence-electron chi connectivity index (χ3n) is 6.40. The van der Waals surface area contributed by atoms with Gasteiger partial charge in [0.25, 0.3) is 0 Å². The molecule has 1 fully saturated rings. The molecule has 1 heterocycles. The van der Waals surface area contributed by atoms with Crippen molar-refractivity contribution in [1.29, 1.82) is 0 Å². The lowest BCUT2D eigenvalue weighted by molar-refractivity contribution is -0.158. The van der Waals surface area contributed by atoms with Crippen LogP contribution >= 0.6 is 0 Å². The van der Waals surface area contributed by atoms with Gasteiger partial charge < -0.3 is 19.7 Å². The maximum atomic E-state index is 13.1. The van der Waals surface area contributed by atoms with Crippen molar-refractivity contribution in [3.63, 3.8) is 0 Å². The van der Waals surface area contributed by atoms with Crippen LogP contribution in [0, 0.1) is 11.3 Å². The highest BCUT2D eigenvalue weighted by Crippen LogP contribution is 2.40. The molecule has 2 amide bonds. The Morgan fingerprint density at radius 2 is 1.56 bits per heavy atom. The second-order valence-electron chi connectivity index (χ2n) is 9.01. The summed E-state index contributed by atoms with van der Waals surface area (Å²) in [4.78, 5) is 39.6. The summed E-state index contributed by atoms with van der Waals surface area (Å²) >= 11 is 0. The molecular weight excluding hydrogens is 432 g/mol. The number of unbranched alkanes of at least 4 members (excludes halogenated alkanes) is 1. The number of nitrogens with zero attached hydrogens (tertiary/aromatic N) is 1. The minimum Gasteiger partial charge on any atom is -0.460 e. The van der Waals surface area contributed by atoms with E-state index in [-0.39, 0.29) is 44.1 Å². The number of ether oxygens (including phenoxy) is 2. The molecule has 7 heteroatoms. The standard InChI is InChI=1S/C27H34N2O5/c1-3-4-15-23-17-29(20-27(23,2)25(31)33-18-21-11-7-5-8-12-21)24(30)16-28-26(32)34-19-22-13-9-6-10-14-22/h5-14,23H,3-4,15-20H2,1-2H3,(H,28,32)/t23-,27+/m0/s1. The predicted octanol–water partition coefficient (Wildman–Crippen LogP) is 4.31. The zero-order valence-electron chi connectivity index (χ0n) is 20.0. The molecule has 1 N–H and O–H groups in total. The maximum Gasteiger partial charge on any atom is 0.407 e. The summed E-state index contributed by atoms with van der Waals surface area (Å²) in [6.07, 6.45) is 2.17. The van der Waals surface area contributed by atoms with Gasteiger partial charge in [0.1, 0.15) is 19.8 Å². The highest BCUT2D eigenvalue weighted by molar-refractivity contribution is 5.85. The molecule has 3 rings (SSSR count). The number of likely N-dealkylation sites (tertiary alicyclic amines) is 1. The van der Waals surface area contributed by atoms with Crippen LogP contribution in [0.3, 0.4) is 0 Å². The summed E-state index contributed by atoms with van der Waals surface area (Å²) in [5.74, 6) is -0.523. The van der Waals surface area contributed by atoms with Crippen molar-refractivity contribution in [2.45, 2.75) is 46.3 Å². The molecule has 2 atom stereocenters. The molecule has 7 nitrogen and oxygen atoms in total. The first-order valence-electron chi connectivity index (χ1n) is 11.9. The second-order valence-corrected chi connectivity index (χ2v) is 9.01. The Hall–Kier alpha value is -3.35. The summed E-state index contributed by atoms with van der Waals surface area (Å²) in [6.45, 7) is 4.89. The Morgan fingerprint density at radius 3 is 2.15 bits per heavy atom. The van der Waals surface area contributed by atoms with Crippen LogP contribution in [0.25, 0.3) is 0 Å². The number of alkyl carbamates (subject to hydrolysis) is 1. The number of carbonyl (C=O) groups is 3. The summed E-state index contributed by atoms with van der Waals surface area (Å²) in [6, 6.07) is 18.9. The molecule has 1 aliphatic rings. The van der Waals surface area contributed by atoms with Crippen LogP contribution in [0.4, 0.5) is 4.79 Å². The van der Waals surface area contributed by atoms with Crippen LogP contribution in [-0.4, -0.2) is 42.5 Å². The van der Waals surface area contributed by atoms with Crippen molar-refractivity contribution in [3.8, 4) is 0 Å². The summed E-state index contributed by atoms with van der Waals surface area (Å²) in [5, 5.41) is 2.52. The molecule has 0 aromatic heterocycles. The molecule has 0 saturated carbocycles. The zero-order valence-corrected chi connectivity index (χ0v) is 20.0. The first-order chi connectivity index (χ1) is 16.4. The molecule has 2 aromatic carbocycles. The number of benzene rings is 2. The lowest BCUT2D eigenvalue weighted by Gasteiger charge is -2.28. The summed E-state index contributed by atoms with van der Waals surface area (Å²) in [7, 11) is 0. The second kappa shape index (κ2) is 12.2. The van der Waals surface area contributed by atoms with E-state index in [4.69, 9.17) is 9.47 Å². The molecule has 0 radical (unpaired) electrons. The third kappa shape index (κ3) is 6.83. The molecule has 0 aliphatic carbocycles. The third-order valence-corrected chi connectivity index (χ3v) is 6.40. The quantitative estimate of drug-likeness (QED) is 0.528. The highest BCUT2D eigenvalue weighted by atomic mass is 16.5. The van der Waals surface area contributed by atoms with Crippen molar-refractivity contribution in [3.05, 3.63) is 71.8 Å². The van der Waals surface area contributed by atoms with Crippen LogP contribution in [0.1, 0.15) is 44.2 Å². The van der Waals surface area contributed by atoms with E-state index in [1.807, 2.05) is 67.6 Å². The molecule has 182 valence electrons. The van der Waals surface area contributed by atoms with Crippen molar-refractivity contribution >= 4 is 18.0 Å². The van der Waals surface area contributed by atoms with Crippen LogP contribution in [0.15, 0.2) is 60.7 Å². The largest absolute Gasteiger partial charge is 0.460 e. The van der Waals surface area contributed by atoms with Gasteiger partial charge in [-0.25, -0.2) is 4.79 Å².